The van der Waals surface area contributed by atoms with Crippen LogP contribution in [0.1, 0.15) is 18.4 Å². The van der Waals surface area contributed by atoms with Gasteiger partial charge >= 0.3 is 5.69 Å². The lowest BCUT2D eigenvalue weighted by atomic mass is 10.1. The maximum Gasteiger partial charge on any atom is 0.335 e. The number of methoxy groups -OCH3 is 1. The monoisotopic (exact) mass is 534 g/mol. The first kappa shape index (κ1) is 24.7. The lowest BCUT2D eigenvalue weighted by molar-refractivity contribution is 0.387. The third-order valence-electron chi connectivity index (χ3n) is 6.24. The van der Waals surface area contributed by atoms with Gasteiger partial charge in [-0.2, -0.15) is 5.26 Å². The first-order valence-electron chi connectivity index (χ1n) is 11.3. The summed E-state index contributed by atoms with van der Waals surface area (Å²) in [6.45, 7) is 0.150. The number of rotatable bonds is 7. The molecule has 5 rings (SSSR count). The Labute approximate surface area is 220 Å². The summed E-state index contributed by atoms with van der Waals surface area (Å²) in [5, 5.41) is 9.80. The van der Waals surface area contributed by atoms with Crippen LogP contribution in [0.5, 0.6) is 5.75 Å². The highest BCUT2D eigenvalue weighted by Crippen LogP contribution is 2.47. The summed E-state index contributed by atoms with van der Waals surface area (Å²) in [6.07, 6.45) is 5.65. The van der Waals surface area contributed by atoms with Crippen molar-refractivity contribution in [1.82, 2.24) is 9.13 Å². The van der Waals surface area contributed by atoms with E-state index in [1.54, 1.807) is 12.3 Å². The minimum Gasteiger partial charge on any atom is -0.494 e. The van der Waals surface area contributed by atoms with E-state index in [1.165, 1.54) is 30.1 Å². The maximum absolute atomic E-state index is 14.1. The summed E-state index contributed by atoms with van der Waals surface area (Å²) in [5.41, 5.74) is -0.00847. The fraction of sp³-hybridized carbons (Fsp3) is 0.185. The second-order valence-corrected chi connectivity index (χ2v) is 10.2. The van der Waals surface area contributed by atoms with Crippen LogP contribution in [0.3, 0.4) is 0 Å². The van der Waals surface area contributed by atoms with Gasteiger partial charge < -0.3 is 4.74 Å². The Hall–Kier alpha value is -4.00. The second-order valence-electron chi connectivity index (χ2n) is 8.71. The first-order valence-corrected chi connectivity index (χ1v) is 12.5. The van der Waals surface area contributed by atoms with Gasteiger partial charge in [0.2, 0.25) is 0 Å². The van der Waals surface area contributed by atoms with Gasteiger partial charge in [0, 0.05) is 35.6 Å². The Morgan fingerprint density at radius 2 is 2.00 bits per heavy atom. The smallest absolute Gasteiger partial charge is 0.335 e. The molecule has 7 nitrogen and oxygen atoms in total. The number of benzene rings is 2. The number of aliphatic imine (C=N–C) groups is 1. The van der Waals surface area contributed by atoms with E-state index in [0.717, 1.165) is 27.5 Å². The quantitative estimate of drug-likeness (QED) is 0.291. The van der Waals surface area contributed by atoms with E-state index >= 15 is 0 Å². The molecule has 0 N–H and O–H groups in total. The van der Waals surface area contributed by atoms with Gasteiger partial charge in [0.1, 0.15) is 4.70 Å². The molecule has 37 heavy (non-hydrogen) atoms. The van der Waals surface area contributed by atoms with Gasteiger partial charge in [0.25, 0.3) is 5.56 Å². The van der Waals surface area contributed by atoms with Crippen molar-refractivity contribution in [2.75, 3.05) is 7.11 Å². The highest BCUT2D eigenvalue weighted by atomic mass is 35.5. The first-order chi connectivity index (χ1) is 17.9. The molecule has 4 aromatic rings. The molecular weight excluding hydrogens is 515 g/mol. The summed E-state index contributed by atoms with van der Waals surface area (Å²) in [5.74, 6) is -0.602. The van der Waals surface area contributed by atoms with Crippen molar-refractivity contribution in [2.24, 2.45) is 10.4 Å². The van der Waals surface area contributed by atoms with Crippen LogP contribution in [0.4, 0.5) is 4.39 Å². The molecule has 2 aromatic carbocycles. The van der Waals surface area contributed by atoms with E-state index in [4.69, 9.17) is 16.3 Å². The van der Waals surface area contributed by atoms with Gasteiger partial charge in [-0.25, -0.2) is 13.8 Å². The zero-order valence-electron chi connectivity index (χ0n) is 19.6. The average molecular weight is 535 g/mol. The fourth-order valence-corrected chi connectivity index (χ4v) is 5.42. The molecule has 1 aliphatic rings. The number of hydrogen-bond donors (Lipinski definition) is 0. The zero-order valence-corrected chi connectivity index (χ0v) is 21.2. The molecule has 0 amide bonds. The molecule has 0 saturated heterocycles. The number of nitrogens with zero attached hydrogens (tertiary/aromatic N) is 4. The minimum atomic E-state index is -0.646. The normalized spacial score (nSPS) is 14.4. The third kappa shape index (κ3) is 4.73. The van der Waals surface area contributed by atoms with E-state index in [0.29, 0.717) is 33.5 Å². The Morgan fingerprint density at radius 1 is 1.24 bits per heavy atom. The molecule has 1 aliphatic carbocycles. The molecule has 0 unspecified atom stereocenters. The molecule has 0 aliphatic heterocycles. The number of hydrogen-bond acceptors (Lipinski definition) is 6. The van der Waals surface area contributed by atoms with E-state index in [2.05, 4.69) is 11.1 Å². The van der Waals surface area contributed by atoms with Crippen LogP contribution >= 0.6 is 22.9 Å². The van der Waals surface area contributed by atoms with Crippen molar-refractivity contribution in [3.63, 3.8) is 0 Å². The van der Waals surface area contributed by atoms with Crippen molar-refractivity contribution in [3.05, 3.63) is 92.0 Å². The van der Waals surface area contributed by atoms with Crippen molar-refractivity contribution in [1.29, 1.82) is 5.26 Å². The predicted octanol–water partition coefficient (Wildman–Crippen LogP) is 5.54. The fourth-order valence-electron chi connectivity index (χ4n) is 3.99. The Bertz CT molecular complexity index is 1730. The molecule has 0 spiro atoms. The summed E-state index contributed by atoms with van der Waals surface area (Å²) < 4.78 is 22.0. The number of thiophene rings is 1. The number of fused-ring (bicyclic) bond motifs is 1. The Morgan fingerprint density at radius 3 is 2.68 bits per heavy atom. The van der Waals surface area contributed by atoms with Crippen LogP contribution < -0.4 is 16.0 Å². The third-order valence-corrected chi connectivity index (χ3v) is 7.69. The van der Waals surface area contributed by atoms with Gasteiger partial charge in [-0.1, -0.05) is 41.9 Å². The number of aromatic nitrogens is 2. The zero-order chi connectivity index (χ0) is 26.2. The topological polar surface area (TPSA) is 89.4 Å². The summed E-state index contributed by atoms with van der Waals surface area (Å²) in [4.78, 5) is 31.6. The maximum atomic E-state index is 14.1. The number of ether oxygens (including phenoxy) is 1. The molecule has 10 heteroatoms. The lowest BCUT2D eigenvalue weighted by Crippen LogP contribution is -2.38. The summed E-state index contributed by atoms with van der Waals surface area (Å²) in [6, 6.07) is 16.0. The number of nitriles is 1. The van der Waals surface area contributed by atoms with Crippen molar-refractivity contribution < 1.29 is 9.13 Å². The molecule has 0 radical (unpaired) electrons. The molecule has 2 aromatic heterocycles. The molecule has 0 bridgehead atoms. The van der Waals surface area contributed by atoms with Gasteiger partial charge in [-0.05, 0) is 36.6 Å². The molecular formula is C27H20ClFN4O3S. The standard InChI is InChI=1S/C27H20ClFN4O3S/c1-36-22-11-18(19(28)12-20(22)29)23-13-21-24(37-23)25(34)32(10-9-31-14-17-5-3-2-4-6-17)26(35)33(21)16-27(15-30)7-8-27/h2-6,9-14H,7-8,16H2,1H3/b10-9+,31-14?. The van der Waals surface area contributed by atoms with Crippen molar-refractivity contribution in [2.45, 2.75) is 19.4 Å². The lowest BCUT2D eigenvalue weighted by Gasteiger charge is -2.12. The van der Waals surface area contributed by atoms with Crippen LogP contribution in [0, 0.1) is 22.6 Å². The Kier molecular flexibility index (Phi) is 6.54. The van der Waals surface area contributed by atoms with E-state index < -0.39 is 22.5 Å². The van der Waals surface area contributed by atoms with Crippen LogP contribution in [0.2, 0.25) is 5.02 Å². The van der Waals surface area contributed by atoms with Crippen molar-refractivity contribution in [3.8, 4) is 22.3 Å². The summed E-state index contributed by atoms with van der Waals surface area (Å²) in [7, 11) is 1.35. The highest BCUT2D eigenvalue weighted by Gasteiger charge is 2.44. The average Bonchev–Trinajstić information content (AvgIpc) is 3.55. The van der Waals surface area contributed by atoms with Crippen molar-refractivity contribution >= 4 is 45.6 Å². The molecule has 1 saturated carbocycles. The van der Waals surface area contributed by atoms with Crippen LogP contribution in [-0.2, 0) is 6.54 Å². The van der Waals surface area contributed by atoms with Gasteiger partial charge in [-0.15, -0.1) is 11.3 Å². The second kappa shape index (κ2) is 9.81. The molecule has 1 fully saturated rings. The van der Waals surface area contributed by atoms with E-state index in [9.17, 15) is 19.2 Å². The highest BCUT2D eigenvalue weighted by molar-refractivity contribution is 7.22. The van der Waals surface area contributed by atoms with E-state index in [1.807, 2.05) is 30.3 Å². The Balaban J connectivity index is 1.65. The SMILES string of the molecule is COc1cc(-c2cc3c(s2)c(=O)n(/C=C/N=Cc2ccccc2)c(=O)n3CC2(C#N)CC2)c(Cl)cc1F. The summed E-state index contributed by atoms with van der Waals surface area (Å²) >= 11 is 7.46. The molecule has 186 valence electrons. The van der Waals surface area contributed by atoms with Gasteiger partial charge in [-0.3, -0.25) is 14.4 Å². The van der Waals surface area contributed by atoms with Gasteiger partial charge in [0.15, 0.2) is 11.6 Å². The minimum absolute atomic E-state index is 0.00674. The predicted molar refractivity (Wildman–Crippen MR) is 144 cm³/mol. The van der Waals surface area contributed by atoms with Crippen LogP contribution in [0.15, 0.2) is 69.3 Å². The van der Waals surface area contributed by atoms with E-state index in [-0.39, 0.29) is 17.3 Å². The van der Waals surface area contributed by atoms with Crippen LogP contribution in [-0.4, -0.2) is 22.5 Å². The molecule has 2 heterocycles. The molecule has 0 atom stereocenters. The number of halogens is 2. The van der Waals surface area contributed by atoms with Gasteiger partial charge in [0.05, 0.1) is 29.1 Å². The van der Waals surface area contributed by atoms with Crippen LogP contribution in [0.25, 0.3) is 26.9 Å². The largest absolute Gasteiger partial charge is 0.494 e.